The summed E-state index contributed by atoms with van der Waals surface area (Å²) in [6.07, 6.45) is 9.89. The van der Waals surface area contributed by atoms with Gasteiger partial charge in [0.1, 0.15) is 6.04 Å². The maximum atomic E-state index is 13.8. The molecule has 0 N–H and O–H groups in total. The number of rotatable bonds is 3. The van der Waals surface area contributed by atoms with Crippen molar-refractivity contribution in [3.63, 3.8) is 0 Å². The van der Waals surface area contributed by atoms with Gasteiger partial charge in [0.25, 0.3) is 0 Å². The fourth-order valence-corrected chi connectivity index (χ4v) is 6.11. The van der Waals surface area contributed by atoms with Crippen LogP contribution in [0.1, 0.15) is 51.9 Å². The molecule has 5 rings (SSSR count). The van der Waals surface area contributed by atoms with Gasteiger partial charge in [-0.2, -0.15) is 0 Å². The third kappa shape index (κ3) is 5.27. The van der Waals surface area contributed by atoms with Crippen molar-refractivity contribution in [2.75, 3.05) is 25.2 Å². The Morgan fingerprint density at radius 1 is 0.974 bits per heavy atom. The van der Waals surface area contributed by atoms with E-state index >= 15 is 0 Å². The van der Waals surface area contributed by atoms with E-state index in [-0.39, 0.29) is 35.9 Å². The quantitative estimate of drug-likeness (QED) is 0.393. The predicted octanol–water partition coefficient (Wildman–Crippen LogP) is 5.62. The normalized spacial score (nSPS) is 29.1. The summed E-state index contributed by atoms with van der Waals surface area (Å²) in [6.45, 7) is 2.78. The van der Waals surface area contributed by atoms with E-state index in [1.165, 1.54) is 7.11 Å². The molecule has 0 radical (unpaired) electrons. The van der Waals surface area contributed by atoms with E-state index in [9.17, 15) is 14.4 Å². The number of Topliss-reactive ketones (excluding diaryl/α,β-unsaturated/α-hetero) is 1. The van der Waals surface area contributed by atoms with Crippen LogP contribution in [0.25, 0.3) is 11.1 Å². The summed E-state index contributed by atoms with van der Waals surface area (Å²) < 4.78 is 5.14. The van der Waals surface area contributed by atoms with E-state index in [0.717, 1.165) is 48.9 Å². The van der Waals surface area contributed by atoms with Crippen LogP contribution in [0.15, 0.2) is 66.7 Å². The second-order valence-corrected chi connectivity index (χ2v) is 11.2. The van der Waals surface area contributed by atoms with E-state index in [0.29, 0.717) is 19.6 Å². The molecule has 1 saturated carbocycles. The van der Waals surface area contributed by atoms with Gasteiger partial charge in [0.2, 0.25) is 5.91 Å². The summed E-state index contributed by atoms with van der Waals surface area (Å²) in [5, 5.41) is 0. The van der Waals surface area contributed by atoms with Gasteiger partial charge in [0, 0.05) is 24.6 Å². The molecule has 0 spiro atoms. The number of methoxy groups -OCH3 is 1. The zero-order chi connectivity index (χ0) is 26.7. The number of hydrogen-bond donors (Lipinski definition) is 0. The fraction of sp³-hybridized carbons (Fsp3) is 0.469. The second kappa shape index (κ2) is 11.1. The third-order valence-corrected chi connectivity index (χ3v) is 8.60. The summed E-state index contributed by atoms with van der Waals surface area (Å²) in [7, 11) is 1.39. The number of allylic oxidation sites excluding steroid dienone is 2. The maximum absolute atomic E-state index is 13.8. The number of amides is 1. The molecular formula is C32H38N2O4. The van der Waals surface area contributed by atoms with Gasteiger partial charge in [0.15, 0.2) is 5.78 Å². The number of ether oxygens (including phenoxy) is 1. The number of carbonyl (C=O) groups is 3. The minimum Gasteiger partial charge on any atom is -0.469 e. The number of anilines is 1. The molecule has 200 valence electrons. The van der Waals surface area contributed by atoms with Crippen molar-refractivity contribution in [2.24, 2.45) is 17.3 Å². The van der Waals surface area contributed by atoms with Crippen LogP contribution in [-0.4, -0.2) is 48.9 Å². The lowest BCUT2D eigenvalue weighted by Gasteiger charge is -2.26. The first kappa shape index (κ1) is 26.2. The van der Waals surface area contributed by atoms with E-state index in [2.05, 4.69) is 53.5 Å². The third-order valence-electron chi connectivity index (χ3n) is 8.60. The number of fused-ring (bicyclic) bond motifs is 2. The molecule has 6 heteroatoms. The Labute approximate surface area is 225 Å². The maximum Gasteiger partial charge on any atom is 0.312 e. The van der Waals surface area contributed by atoms with Gasteiger partial charge in [-0.3, -0.25) is 14.4 Å². The molecule has 0 unspecified atom stereocenters. The zero-order valence-electron chi connectivity index (χ0n) is 22.5. The Morgan fingerprint density at radius 2 is 1.71 bits per heavy atom. The van der Waals surface area contributed by atoms with Gasteiger partial charge < -0.3 is 14.5 Å². The van der Waals surface area contributed by atoms with E-state index < -0.39 is 11.5 Å². The zero-order valence-corrected chi connectivity index (χ0v) is 22.5. The average molecular weight is 515 g/mol. The van der Waals surface area contributed by atoms with Crippen molar-refractivity contribution in [2.45, 2.75) is 57.9 Å². The number of carbonyl (C=O) groups excluding carboxylic acids is 3. The summed E-state index contributed by atoms with van der Waals surface area (Å²) in [5.74, 6) is -0.462. The minimum atomic E-state index is -0.798. The van der Waals surface area contributed by atoms with Crippen LogP contribution in [0.2, 0.25) is 0 Å². The molecule has 2 fully saturated rings. The summed E-state index contributed by atoms with van der Waals surface area (Å²) in [6, 6.07) is 17.9. The molecule has 1 amide bonds. The number of esters is 1. The SMILES string of the molecule is COC(=O)[C@]12CC(=O)[C@@H]3CN(c4ccc(-c5ccccc5)cc4)CN3C(=O)[C@@H](C)CCCCC/C=C\[C@@H]1C2. The minimum absolute atomic E-state index is 0.0233. The highest BCUT2D eigenvalue weighted by molar-refractivity contribution is 5.96. The lowest BCUT2D eigenvalue weighted by Crippen LogP contribution is -2.45. The number of nitrogens with zero attached hydrogens (tertiary/aromatic N) is 2. The summed E-state index contributed by atoms with van der Waals surface area (Å²) in [4.78, 5) is 44.1. The molecule has 0 bridgehead atoms. The topological polar surface area (TPSA) is 66.9 Å². The Balaban J connectivity index is 1.40. The predicted molar refractivity (Wildman–Crippen MR) is 148 cm³/mol. The molecule has 38 heavy (non-hydrogen) atoms. The Kier molecular flexibility index (Phi) is 7.68. The first-order chi connectivity index (χ1) is 18.4. The summed E-state index contributed by atoms with van der Waals surface area (Å²) >= 11 is 0. The first-order valence-electron chi connectivity index (χ1n) is 13.9. The van der Waals surface area contributed by atoms with E-state index in [1.54, 1.807) is 4.90 Å². The Morgan fingerprint density at radius 3 is 2.45 bits per heavy atom. The van der Waals surface area contributed by atoms with Crippen LogP contribution in [0.4, 0.5) is 5.69 Å². The van der Waals surface area contributed by atoms with Crippen LogP contribution in [0.5, 0.6) is 0 Å². The Hall–Kier alpha value is -3.41. The Bertz CT molecular complexity index is 1190. The summed E-state index contributed by atoms with van der Waals surface area (Å²) in [5.41, 5.74) is 2.45. The van der Waals surface area contributed by atoms with Crippen molar-refractivity contribution >= 4 is 23.3 Å². The molecule has 2 aromatic carbocycles. The highest BCUT2D eigenvalue weighted by Gasteiger charge is 2.61. The van der Waals surface area contributed by atoms with Crippen LogP contribution in [0.3, 0.4) is 0 Å². The molecule has 1 saturated heterocycles. The number of hydrogen-bond acceptors (Lipinski definition) is 5. The molecular weight excluding hydrogens is 476 g/mol. The standard InChI is InChI=1S/C32H38N2O4/c1-23-11-7-4-3-5-10-14-26-19-32(26,31(37)38-2)20-29(35)28-21-33(22-34(28)30(23)36)27-17-15-25(16-18-27)24-12-8-6-9-13-24/h6,8-10,12-18,23,26,28H,3-5,7,11,19-22H2,1-2H3/b14-10-/t23-,26+,28-,32+/m0/s1. The lowest BCUT2D eigenvalue weighted by molar-refractivity contribution is -0.150. The number of benzene rings is 2. The van der Waals surface area contributed by atoms with E-state index in [1.807, 2.05) is 25.1 Å². The smallest absolute Gasteiger partial charge is 0.312 e. The first-order valence-corrected chi connectivity index (χ1v) is 13.9. The highest BCUT2D eigenvalue weighted by Crippen LogP contribution is 2.57. The van der Waals surface area contributed by atoms with Crippen LogP contribution in [-0.2, 0) is 19.1 Å². The van der Waals surface area contributed by atoms with Gasteiger partial charge in [-0.25, -0.2) is 0 Å². The second-order valence-electron chi connectivity index (χ2n) is 11.2. The molecule has 2 aromatic rings. The molecule has 4 atom stereocenters. The van der Waals surface area contributed by atoms with Gasteiger partial charge >= 0.3 is 5.97 Å². The van der Waals surface area contributed by atoms with Gasteiger partial charge in [0.05, 0.1) is 19.2 Å². The molecule has 2 heterocycles. The van der Waals surface area contributed by atoms with Crippen molar-refractivity contribution in [1.82, 2.24) is 4.90 Å². The average Bonchev–Trinajstić information content (AvgIpc) is 3.45. The molecule has 6 nitrogen and oxygen atoms in total. The van der Waals surface area contributed by atoms with Crippen molar-refractivity contribution < 1.29 is 19.1 Å². The lowest BCUT2D eigenvalue weighted by atomic mass is 9.92. The van der Waals surface area contributed by atoms with Crippen LogP contribution in [0, 0.1) is 17.3 Å². The molecule has 1 aliphatic carbocycles. The van der Waals surface area contributed by atoms with Crippen LogP contribution < -0.4 is 4.90 Å². The van der Waals surface area contributed by atoms with E-state index in [4.69, 9.17) is 4.74 Å². The molecule has 2 aliphatic heterocycles. The number of ketones is 1. The fourth-order valence-electron chi connectivity index (χ4n) is 6.11. The van der Waals surface area contributed by atoms with Crippen molar-refractivity contribution in [3.8, 4) is 11.1 Å². The monoisotopic (exact) mass is 514 g/mol. The molecule has 0 aromatic heterocycles. The van der Waals surface area contributed by atoms with Crippen molar-refractivity contribution in [3.05, 3.63) is 66.7 Å². The molecule has 3 aliphatic rings. The van der Waals surface area contributed by atoms with Gasteiger partial charge in [-0.15, -0.1) is 0 Å². The van der Waals surface area contributed by atoms with Gasteiger partial charge in [-0.1, -0.05) is 74.4 Å². The van der Waals surface area contributed by atoms with Crippen LogP contribution >= 0.6 is 0 Å². The van der Waals surface area contributed by atoms with Crippen molar-refractivity contribution in [1.29, 1.82) is 0 Å². The highest BCUT2D eigenvalue weighted by atomic mass is 16.5. The largest absolute Gasteiger partial charge is 0.469 e. The van der Waals surface area contributed by atoms with Gasteiger partial charge in [-0.05, 0) is 54.9 Å².